The van der Waals surface area contributed by atoms with E-state index >= 15 is 0 Å². The molecule has 1 aliphatic carbocycles. The average molecular weight is 284 g/mol. The molecule has 0 aromatic carbocycles. The van der Waals surface area contributed by atoms with Gasteiger partial charge in [0.25, 0.3) is 5.91 Å². The van der Waals surface area contributed by atoms with Gasteiger partial charge in [0.1, 0.15) is 11.3 Å². The Balaban J connectivity index is 0.000000960. The van der Waals surface area contributed by atoms with Crippen LogP contribution in [-0.4, -0.2) is 27.4 Å². The maximum atomic E-state index is 12.1. The molecule has 0 unspecified atom stereocenters. The third-order valence-corrected chi connectivity index (χ3v) is 3.95. The van der Waals surface area contributed by atoms with Gasteiger partial charge in [-0.3, -0.25) is 4.79 Å². The summed E-state index contributed by atoms with van der Waals surface area (Å²) < 4.78 is 0. The number of aromatic nitrogens is 3. The fraction of sp³-hybridized carbons (Fsp3) is 0.250. The van der Waals surface area contributed by atoms with Crippen LogP contribution in [0.25, 0.3) is 22.2 Å². The number of H-pyrrole nitrogens is 2. The summed E-state index contributed by atoms with van der Waals surface area (Å²) in [6.07, 6.45) is 7.98. The first-order chi connectivity index (χ1) is 10.3. The van der Waals surface area contributed by atoms with Gasteiger partial charge >= 0.3 is 0 Å². The zero-order valence-corrected chi connectivity index (χ0v) is 11.5. The fourth-order valence-electron chi connectivity index (χ4n) is 2.55. The Morgan fingerprint density at radius 1 is 1.38 bits per heavy atom. The van der Waals surface area contributed by atoms with Crippen molar-refractivity contribution in [2.24, 2.45) is 5.92 Å². The molecule has 0 spiro atoms. The van der Waals surface area contributed by atoms with Gasteiger partial charge in [-0.2, -0.15) is 0 Å². The van der Waals surface area contributed by atoms with Gasteiger partial charge in [0.05, 0.1) is 0 Å². The molecule has 5 nitrogen and oxygen atoms in total. The molecule has 3 aromatic heterocycles. The minimum atomic E-state index is -0.0347. The van der Waals surface area contributed by atoms with Gasteiger partial charge in [-0.25, -0.2) is 4.98 Å². The Kier molecular flexibility index (Phi) is 2.77. The van der Waals surface area contributed by atoms with E-state index in [-0.39, 0.29) is 8.76 Å². The summed E-state index contributed by atoms with van der Waals surface area (Å²) in [7, 11) is 0. The second kappa shape index (κ2) is 4.77. The largest absolute Gasteiger partial charge is 0.357 e. The van der Waals surface area contributed by atoms with E-state index in [1.807, 2.05) is 30.6 Å². The molecule has 3 aromatic rings. The van der Waals surface area contributed by atoms with E-state index in [1.165, 1.54) is 12.8 Å². The summed E-state index contributed by atoms with van der Waals surface area (Å²) in [5.74, 6) is 0.649. The van der Waals surface area contributed by atoms with Gasteiger partial charge in [-0.15, -0.1) is 0 Å². The minimum Gasteiger partial charge on any atom is -0.357 e. The topological polar surface area (TPSA) is 73.6 Å². The number of aromatic amines is 2. The molecule has 0 bridgehead atoms. The van der Waals surface area contributed by atoms with Crippen LogP contribution in [-0.2, 0) is 0 Å². The molecule has 1 saturated carbocycles. The standard InChI is InChI=1S/C16H16N4O.2H2/c21-16(20-8-10-1-2-10)14-7-11(9-19-14)12-3-5-17-15-13(12)4-6-18-15;;/h3-7,9-10,19H,1-2,8H2,(H,17,18)(H,20,21);2*1H. The summed E-state index contributed by atoms with van der Waals surface area (Å²) in [4.78, 5) is 22.5. The van der Waals surface area contributed by atoms with Crippen molar-refractivity contribution in [2.45, 2.75) is 12.8 Å². The maximum Gasteiger partial charge on any atom is 0.267 e. The summed E-state index contributed by atoms with van der Waals surface area (Å²) in [5.41, 5.74) is 3.52. The van der Waals surface area contributed by atoms with E-state index in [0.717, 1.165) is 28.7 Å². The molecule has 0 saturated heterocycles. The smallest absolute Gasteiger partial charge is 0.267 e. The van der Waals surface area contributed by atoms with Gasteiger partial charge in [0.2, 0.25) is 0 Å². The average Bonchev–Trinajstić information content (AvgIpc) is 3.02. The number of fused-ring (bicyclic) bond motifs is 1. The van der Waals surface area contributed by atoms with Crippen LogP contribution in [0.15, 0.2) is 36.8 Å². The molecule has 1 amide bonds. The van der Waals surface area contributed by atoms with Crippen molar-refractivity contribution < 1.29 is 7.65 Å². The molecule has 0 radical (unpaired) electrons. The van der Waals surface area contributed by atoms with Crippen LogP contribution in [0, 0.1) is 5.92 Å². The normalized spacial score (nSPS) is 14.5. The molecule has 1 aliphatic rings. The number of pyridine rings is 1. The van der Waals surface area contributed by atoms with Crippen molar-refractivity contribution in [3.8, 4) is 11.1 Å². The predicted octanol–water partition coefficient (Wildman–Crippen LogP) is 3.19. The molecule has 5 heteroatoms. The first-order valence-electron chi connectivity index (χ1n) is 7.20. The lowest BCUT2D eigenvalue weighted by molar-refractivity contribution is 0.0947. The van der Waals surface area contributed by atoms with Crippen LogP contribution in [0.2, 0.25) is 0 Å². The van der Waals surface area contributed by atoms with Gasteiger partial charge in [-0.1, -0.05) is 0 Å². The van der Waals surface area contributed by atoms with Gasteiger partial charge in [-0.05, 0) is 42.5 Å². The lowest BCUT2D eigenvalue weighted by atomic mass is 10.1. The zero-order chi connectivity index (χ0) is 14.2. The van der Waals surface area contributed by atoms with Gasteiger partial charge in [0, 0.05) is 38.9 Å². The summed E-state index contributed by atoms with van der Waals surface area (Å²) in [6.45, 7) is 0.782. The molecule has 3 N–H and O–H groups in total. The van der Waals surface area contributed by atoms with Crippen molar-refractivity contribution in [1.29, 1.82) is 0 Å². The SMILES string of the molecule is O=C(NCC1CC1)c1cc(-c2ccnc3[nH]ccc23)c[nH]1.[HH].[HH]. The Bertz CT molecular complexity index is 807. The van der Waals surface area contributed by atoms with E-state index in [4.69, 9.17) is 0 Å². The quantitative estimate of drug-likeness (QED) is 0.688. The Labute approximate surface area is 124 Å². The number of rotatable bonds is 4. The van der Waals surface area contributed by atoms with Crippen molar-refractivity contribution in [3.63, 3.8) is 0 Å². The zero-order valence-electron chi connectivity index (χ0n) is 11.5. The maximum absolute atomic E-state index is 12.1. The molecular weight excluding hydrogens is 264 g/mol. The third-order valence-electron chi connectivity index (χ3n) is 3.95. The first kappa shape index (κ1) is 12.2. The number of hydrogen-bond acceptors (Lipinski definition) is 2. The molecule has 0 aliphatic heterocycles. The first-order valence-corrected chi connectivity index (χ1v) is 7.20. The molecule has 1 fully saturated rings. The van der Waals surface area contributed by atoms with Crippen LogP contribution in [0.1, 0.15) is 26.2 Å². The third kappa shape index (κ3) is 2.31. The Morgan fingerprint density at radius 2 is 2.29 bits per heavy atom. The van der Waals surface area contributed by atoms with Crippen molar-refractivity contribution in [2.75, 3.05) is 6.54 Å². The molecule has 4 rings (SSSR count). The van der Waals surface area contributed by atoms with Gasteiger partial charge in [0.15, 0.2) is 0 Å². The highest BCUT2D eigenvalue weighted by Crippen LogP contribution is 2.28. The number of carbonyl (C=O) groups excluding carboxylic acids is 1. The van der Waals surface area contributed by atoms with E-state index in [9.17, 15) is 4.79 Å². The van der Waals surface area contributed by atoms with Crippen LogP contribution in [0.5, 0.6) is 0 Å². The van der Waals surface area contributed by atoms with Crippen molar-refractivity contribution in [1.82, 2.24) is 20.3 Å². The fourth-order valence-corrected chi connectivity index (χ4v) is 2.55. The highest BCUT2D eigenvalue weighted by molar-refractivity contribution is 5.97. The van der Waals surface area contributed by atoms with Crippen molar-refractivity contribution in [3.05, 3.63) is 42.5 Å². The molecule has 0 atom stereocenters. The van der Waals surface area contributed by atoms with Crippen LogP contribution >= 0.6 is 0 Å². The highest BCUT2D eigenvalue weighted by atomic mass is 16.1. The second-order valence-corrected chi connectivity index (χ2v) is 5.55. The summed E-state index contributed by atoms with van der Waals surface area (Å²) >= 11 is 0. The van der Waals surface area contributed by atoms with Gasteiger partial charge < -0.3 is 15.3 Å². The number of amides is 1. The Hall–Kier alpha value is -2.56. The lowest BCUT2D eigenvalue weighted by Gasteiger charge is -2.01. The van der Waals surface area contributed by atoms with Crippen molar-refractivity contribution >= 4 is 16.9 Å². The molecule has 110 valence electrons. The van der Waals surface area contributed by atoms with E-state index in [0.29, 0.717) is 11.6 Å². The predicted molar refractivity (Wildman–Crippen MR) is 85.2 cm³/mol. The summed E-state index contributed by atoms with van der Waals surface area (Å²) in [6, 6.07) is 5.85. The number of hydrogen-bond donors (Lipinski definition) is 3. The summed E-state index contributed by atoms with van der Waals surface area (Å²) in [5, 5.41) is 4.03. The molecular formula is C16H20N4O. The molecule has 21 heavy (non-hydrogen) atoms. The molecule has 3 heterocycles. The highest BCUT2D eigenvalue weighted by Gasteiger charge is 2.22. The van der Waals surface area contributed by atoms with E-state index in [1.54, 1.807) is 6.20 Å². The van der Waals surface area contributed by atoms with E-state index < -0.39 is 0 Å². The minimum absolute atomic E-state index is 0. The van der Waals surface area contributed by atoms with Crippen LogP contribution in [0.3, 0.4) is 0 Å². The van der Waals surface area contributed by atoms with E-state index in [2.05, 4.69) is 20.3 Å². The second-order valence-electron chi connectivity index (χ2n) is 5.55. The number of nitrogens with zero attached hydrogens (tertiary/aromatic N) is 1. The number of nitrogens with one attached hydrogen (secondary N) is 3. The van der Waals surface area contributed by atoms with Crippen LogP contribution in [0.4, 0.5) is 0 Å². The monoisotopic (exact) mass is 284 g/mol. The number of carbonyl (C=O) groups is 1. The van der Waals surface area contributed by atoms with Crippen LogP contribution < -0.4 is 5.32 Å². The Morgan fingerprint density at radius 3 is 3.14 bits per heavy atom. The lowest BCUT2D eigenvalue weighted by Crippen LogP contribution is -2.25.